The van der Waals surface area contributed by atoms with Crippen LogP contribution in [0.2, 0.25) is 0 Å². The second-order valence-corrected chi connectivity index (χ2v) is 7.41. The number of nitrogens with zero attached hydrogens (tertiary/aromatic N) is 1. The van der Waals surface area contributed by atoms with Crippen LogP contribution in [-0.2, 0) is 13.1 Å². The summed E-state index contributed by atoms with van der Waals surface area (Å²) in [6.07, 6.45) is 5.42. The third-order valence-electron chi connectivity index (χ3n) is 4.93. The minimum absolute atomic E-state index is 0.559. The molecule has 2 heteroatoms. The SMILES string of the molecule is CCNCc1cccc(CN(C)C2CCC(C)(C)CC2)c1. The van der Waals surface area contributed by atoms with Crippen molar-refractivity contribution in [3.8, 4) is 0 Å². The molecule has 118 valence electrons. The molecular formula is C19H32N2. The van der Waals surface area contributed by atoms with Gasteiger partial charge in [0.1, 0.15) is 0 Å². The largest absolute Gasteiger partial charge is 0.313 e. The summed E-state index contributed by atoms with van der Waals surface area (Å²) in [5.41, 5.74) is 3.40. The van der Waals surface area contributed by atoms with E-state index >= 15 is 0 Å². The lowest BCUT2D eigenvalue weighted by molar-refractivity contribution is 0.123. The van der Waals surface area contributed by atoms with Gasteiger partial charge in [-0.3, -0.25) is 4.90 Å². The van der Waals surface area contributed by atoms with Gasteiger partial charge in [-0.15, -0.1) is 0 Å². The Hall–Kier alpha value is -0.860. The van der Waals surface area contributed by atoms with Crippen molar-refractivity contribution in [2.75, 3.05) is 13.6 Å². The molecule has 0 bridgehead atoms. The average molecular weight is 288 g/mol. The zero-order valence-corrected chi connectivity index (χ0v) is 14.3. The third kappa shape index (κ3) is 5.12. The van der Waals surface area contributed by atoms with Gasteiger partial charge in [0.25, 0.3) is 0 Å². The Morgan fingerprint density at radius 1 is 1.19 bits per heavy atom. The first-order valence-electron chi connectivity index (χ1n) is 8.49. The van der Waals surface area contributed by atoms with Crippen molar-refractivity contribution in [1.82, 2.24) is 10.2 Å². The minimum Gasteiger partial charge on any atom is -0.313 e. The highest BCUT2D eigenvalue weighted by Gasteiger charge is 2.28. The van der Waals surface area contributed by atoms with Gasteiger partial charge in [0, 0.05) is 19.1 Å². The minimum atomic E-state index is 0.559. The zero-order chi connectivity index (χ0) is 15.3. The van der Waals surface area contributed by atoms with Gasteiger partial charge < -0.3 is 5.32 Å². The lowest BCUT2D eigenvalue weighted by Crippen LogP contribution is -2.36. The van der Waals surface area contributed by atoms with Crippen molar-refractivity contribution in [1.29, 1.82) is 0 Å². The predicted molar refractivity (Wildman–Crippen MR) is 91.3 cm³/mol. The molecule has 0 spiro atoms. The molecule has 1 aliphatic rings. The number of hydrogen-bond acceptors (Lipinski definition) is 2. The van der Waals surface area contributed by atoms with Gasteiger partial charge in [0.15, 0.2) is 0 Å². The molecule has 21 heavy (non-hydrogen) atoms. The van der Waals surface area contributed by atoms with Crippen molar-refractivity contribution < 1.29 is 0 Å². The van der Waals surface area contributed by atoms with Crippen LogP contribution in [0.25, 0.3) is 0 Å². The summed E-state index contributed by atoms with van der Waals surface area (Å²) in [7, 11) is 2.29. The van der Waals surface area contributed by atoms with Crippen LogP contribution in [-0.4, -0.2) is 24.5 Å². The van der Waals surface area contributed by atoms with Gasteiger partial charge in [0.05, 0.1) is 0 Å². The summed E-state index contributed by atoms with van der Waals surface area (Å²) < 4.78 is 0. The van der Waals surface area contributed by atoms with E-state index in [1.807, 2.05) is 0 Å². The van der Waals surface area contributed by atoms with Crippen LogP contribution in [0.4, 0.5) is 0 Å². The fourth-order valence-electron chi connectivity index (χ4n) is 3.35. The van der Waals surface area contributed by atoms with Crippen LogP contribution in [0, 0.1) is 5.41 Å². The number of hydrogen-bond donors (Lipinski definition) is 1. The van der Waals surface area contributed by atoms with E-state index in [0.29, 0.717) is 5.41 Å². The van der Waals surface area contributed by atoms with E-state index in [4.69, 9.17) is 0 Å². The van der Waals surface area contributed by atoms with E-state index in [1.54, 1.807) is 0 Å². The van der Waals surface area contributed by atoms with Gasteiger partial charge in [-0.2, -0.15) is 0 Å². The molecule has 0 aliphatic heterocycles. The summed E-state index contributed by atoms with van der Waals surface area (Å²) in [4.78, 5) is 2.56. The molecular weight excluding hydrogens is 256 g/mol. The lowest BCUT2D eigenvalue weighted by Gasteiger charge is -2.38. The highest BCUT2D eigenvalue weighted by Crippen LogP contribution is 2.36. The van der Waals surface area contributed by atoms with Crippen LogP contribution >= 0.6 is 0 Å². The fraction of sp³-hybridized carbons (Fsp3) is 0.684. The Bertz CT molecular complexity index is 429. The van der Waals surface area contributed by atoms with Gasteiger partial charge in [-0.05, 0) is 55.8 Å². The van der Waals surface area contributed by atoms with Crippen molar-refractivity contribution >= 4 is 0 Å². The molecule has 0 radical (unpaired) electrons. The second kappa shape index (κ2) is 7.42. The highest BCUT2D eigenvalue weighted by atomic mass is 15.1. The second-order valence-electron chi connectivity index (χ2n) is 7.41. The van der Waals surface area contributed by atoms with Crippen LogP contribution in [0.3, 0.4) is 0 Å². The van der Waals surface area contributed by atoms with Crippen molar-refractivity contribution in [2.24, 2.45) is 5.41 Å². The van der Waals surface area contributed by atoms with Gasteiger partial charge in [-0.1, -0.05) is 45.0 Å². The summed E-state index contributed by atoms with van der Waals surface area (Å²) in [5.74, 6) is 0. The molecule has 2 nitrogen and oxygen atoms in total. The summed E-state index contributed by atoms with van der Waals surface area (Å²) in [6, 6.07) is 9.79. The maximum Gasteiger partial charge on any atom is 0.0233 e. The number of nitrogens with one attached hydrogen (secondary N) is 1. The summed E-state index contributed by atoms with van der Waals surface area (Å²) in [5, 5.41) is 3.40. The zero-order valence-electron chi connectivity index (χ0n) is 14.3. The standard InChI is InChI=1S/C19H32N2/c1-5-20-14-16-7-6-8-17(13-16)15-21(4)18-9-11-19(2,3)12-10-18/h6-8,13,18,20H,5,9-12,14-15H2,1-4H3. The molecule has 0 heterocycles. The molecule has 0 amide bonds. The van der Waals surface area contributed by atoms with E-state index in [9.17, 15) is 0 Å². The quantitative estimate of drug-likeness (QED) is 0.844. The molecule has 0 saturated heterocycles. The third-order valence-corrected chi connectivity index (χ3v) is 4.93. The van der Waals surface area contributed by atoms with Crippen LogP contribution < -0.4 is 5.32 Å². The Morgan fingerprint density at radius 2 is 1.86 bits per heavy atom. The smallest absolute Gasteiger partial charge is 0.0233 e. The van der Waals surface area contributed by atoms with E-state index in [2.05, 4.69) is 62.3 Å². The number of benzene rings is 1. The predicted octanol–water partition coefficient (Wildman–Crippen LogP) is 4.20. The lowest BCUT2D eigenvalue weighted by atomic mass is 9.75. The molecule has 2 rings (SSSR count). The van der Waals surface area contributed by atoms with Gasteiger partial charge in [-0.25, -0.2) is 0 Å². The Morgan fingerprint density at radius 3 is 2.52 bits per heavy atom. The van der Waals surface area contributed by atoms with Crippen LogP contribution in [0.1, 0.15) is 57.6 Å². The molecule has 1 aromatic rings. The highest BCUT2D eigenvalue weighted by molar-refractivity contribution is 5.23. The Kier molecular flexibility index (Phi) is 5.83. The van der Waals surface area contributed by atoms with Crippen molar-refractivity contribution in [2.45, 2.75) is 65.6 Å². The topological polar surface area (TPSA) is 15.3 Å². The fourth-order valence-corrected chi connectivity index (χ4v) is 3.35. The Labute approximate surface area is 130 Å². The summed E-state index contributed by atoms with van der Waals surface area (Å²) >= 11 is 0. The maximum absolute atomic E-state index is 3.40. The molecule has 1 N–H and O–H groups in total. The number of rotatable bonds is 6. The Balaban J connectivity index is 1.89. The monoisotopic (exact) mass is 288 g/mol. The van der Waals surface area contributed by atoms with E-state index in [0.717, 1.165) is 25.7 Å². The van der Waals surface area contributed by atoms with Crippen LogP contribution in [0.5, 0.6) is 0 Å². The van der Waals surface area contributed by atoms with E-state index in [1.165, 1.54) is 36.8 Å². The molecule has 1 fully saturated rings. The molecule has 1 aromatic carbocycles. The van der Waals surface area contributed by atoms with E-state index in [-0.39, 0.29) is 0 Å². The first-order chi connectivity index (χ1) is 10.00. The first kappa shape index (κ1) is 16.5. The van der Waals surface area contributed by atoms with Gasteiger partial charge in [0.2, 0.25) is 0 Å². The molecule has 1 saturated carbocycles. The van der Waals surface area contributed by atoms with Crippen molar-refractivity contribution in [3.05, 3.63) is 35.4 Å². The maximum atomic E-state index is 3.40. The normalized spacial score (nSPS) is 19.1. The molecule has 0 unspecified atom stereocenters. The van der Waals surface area contributed by atoms with Crippen molar-refractivity contribution in [3.63, 3.8) is 0 Å². The molecule has 1 aliphatic carbocycles. The van der Waals surface area contributed by atoms with E-state index < -0.39 is 0 Å². The molecule has 0 aromatic heterocycles. The summed E-state index contributed by atoms with van der Waals surface area (Å²) in [6.45, 7) is 10.1. The average Bonchev–Trinajstić information content (AvgIpc) is 2.45. The first-order valence-corrected chi connectivity index (χ1v) is 8.49. The van der Waals surface area contributed by atoms with Crippen LogP contribution in [0.15, 0.2) is 24.3 Å². The molecule has 0 atom stereocenters. The van der Waals surface area contributed by atoms with Gasteiger partial charge >= 0.3 is 0 Å².